The van der Waals surface area contributed by atoms with E-state index >= 15 is 0 Å². The number of rotatable bonds is 2. The van der Waals surface area contributed by atoms with Crippen LogP contribution in [0.4, 0.5) is 4.39 Å². The molecule has 2 heterocycles. The van der Waals surface area contributed by atoms with E-state index in [2.05, 4.69) is 9.97 Å². The molecule has 1 amide bonds. The Morgan fingerprint density at radius 1 is 1.19 bits per heavy atom. The van der Waals surface area contributed by atoms with Gasteiger partial charge in [-0.2, -0.15) is 0 Å². The Hall–Kier alpha value is -2.74. The first-order valence-corrected chi connectivity index (χ1v) is 10.4. The second-order valence-corrected chi connectivity index (χ2v) is 8.90. The minimum atomic E-state index is -3.56. The fourth-order valence-electron chi connectivity index (χ4n) is 3.48. The Morgan fingerprint density at radius 2 is 2.00 bits per heavy atom. The molecule has 2 aromatic carbocycles. The maximum Gasteiger partial charge on any atom is 0.253 e. The van der Waals surface area contributed by atoms with E-state index in [-0.39, 0.29) is 36.7 Å². The second kappa shape index (κ2) is 6.77. The largest absolute Gasteiger partial charge is 0.345 e. The first-order chi connectivity index (χ1) is 13.0. The van der Waals surface area contributed by atoms with Crippen molar-refractivity contribution in [3.63, 3.8) is 0 Å². The Kier molecular flexibility index (Phi) is 4.43. The maximum atomic E-state index is 14.1. The van der Waals surface area contributed by atoms with E-state index in [1.54, 1.807) is 30.6 Å². The van der Waals surface area contributed by atoms with E-state index < -0.39 is 20.9 Å². The van der Waals surface area contributed by atoms with Gasteiger partial charge in [0.1, 0.15) is 5.82 Å². The fraction of sp³-hybridized carbons (Fsp3) is 0.263. The summed E-state index contributed by atoms with van der Waals surface area (Å²) in [5.74, 6) is -0.962. The normalized spacial score (nSPS) is 19.7. The number of fused-ring (bicyclic) bond motifs is 1. The van der Waals surface area contributed by atoms with Crippen LogP contribution in [0, 0.1) is 5.82 Å². The third kappa shape index (κ3) is 3.32. The van der Waals surface area contributed by atoms with Crippen LogP contribution in [0.15, 0.2) is 48.8 Å². The van der Waals surface area contributed by atoms with Crippen LogP contribution in [0.3, 0.4) is 0 Å². The average Bonchev–Trinajstić information content (AvgIpc) is 3.06. The lowest BCUT2D eigenvalue weighted by Crippen LogP contribution is -2.33. The fourth-order valence-corrected chi connectivity index (χ4v) is 5.29. The molecule has 4 rings (SSSR count). The van der Waals surface area contributed by atoms with Gasteiger partial charge in [0.2, 0.25) is 0 Å². The zero-order valence-electron chi connectivity index (χ0n) is 14.4. The third-order valence-electron chi connectivity index (χ3n) is 4.95. The van der Waals surface area contributed by atoms with E-state index in [1.165, 1.54) is 23.1 Å². The number of imidazole rings is 1. The molecule has 0 spiro atoms. The molecular weight excluding hydrogens is 369 g/mol. The summed E-state index contributed by atoms with van der Waals surface area (Å²) in [6.07, 6.45) is 1.72. The van der Waals surface area contributed by atoms with E-state index in [1.807, 2.05) is 0 Å². The van der Waals surface area contributed by atoms with Crippen molar-refractivity contribution < 1.29 is 17.6 Å². The molecule has 0 radical (unpaired) electrons. The summed E-state index contributed by atoms with van der Waals surface area (Å²) in [5, 5.41) is -0.938. The molecule has 1 aromatic heterocycles. The van der Waals surface area contributed by atoms with Crippen molar-refractivity contribution in [2.75, 3.05) is 18.8 Å². The van der Waals surface area contributed by atoms with Crippen molar-refractivity contribution in [3.8, 4) is 0 Å². The van der Waals surface area contributed by atoms with Gasteiger partial charge < -0.3 is 9.88 Å². The quantitative estimate of drug-likeness (QED) is 0.733. The molecule has 1 aliphatic rings. The zero-order chi connectivity index (χ0) is 19.0. The highest BCUT2D eigenvalue weighted by Gasteiger charge is 2.34. The molecule has 27 heavy (non-hydrogen) atoms. The van der Waals surface area contributed by atoms with Crippen LogP contribution in [-0.4, -0.2) is 48.0 Å². The second-order valence-electron chi connectivity index (χ2n) is 6.59. The number of halogens is 1. The number of nitrogens with one attached hydrogen (secondary N) is 1. The summed E-state index contributed by atoms with van der Waals surface area (Å²) in [4.78, 5) is 21.5. The summed E-state index contributed by atoms with van der Waals surface area (Å²) in [6.45, 7) is 0.339. The van der Waals surface area contributed by atoms with Gasteiger partial charge in [0.05, 0.1) is 28.4 Å². The highest BCUT2D eigenvalue weighted by molar-refractivity contribution is 7.91. The number of carbonyl (C=O) groups is 1. The van der Waals surface area contributed by atoms with Gasteiger partial charge in [0.15, 0.2) is 9.84 Å². The minimum Gasteiger partial charge on any atom is -0.345 e. The number of amides is 1. The van der Waals surface area contributed by atoms with Crippen LogP contribution in [0.1, 0.15) is 27.6 Å². The predicted octanol–water partition coefficient (Wildman–Crippen LogP) is 2.70. The van der Waals surface area contributed by atoms with E-state index in [0.29, 0.717) is 5.56 Å². The van der Waals surface area contributed by atoms with Crippen molar-refractivity contribution in [2.45, 2.75) is 11.7 Å². The van der Waals surface area contributed by atoms with Gasteiger partial charge in [0, 0.05) is 24.2 Å². The van der Waals surface area contributed by atoms with Crippen molar-refractivity contribution >= 4 is 26.8 Å². The molecule has 3 aromatic rings. The van der Waals surface area contributed by atoms with Gasteiger partial charge in [-0.15, -0.1) is 0 Å². The third-order valence-corrected chi connectivity index (χ3v) is 7.06. The molecule has 1 fully saturated rings. The van der Waals surface area contributed by atoms with Crippen molar-refractivity contribution in [2.24, 2.45) is 0 Å². The summed E-state index contributed by atoms with van der Waals surface area (Å²) < 4.78 is 39.5. The monoisotopic (exact) mass is 387 g/mol. The minimum absolute atomic E-state index is 0.0904. The number of aromatic nitrogens is 2. The summed E-state index contributed by atoms with van der Waals surface area (Å²) in [5.41, 5.74) is 2.14. The molecule has 140 valence electrons. The molecule has 0 aliphatic carbocycles. The van der Waals surface area contributed by atoms with Crippen LogP contribution >= 0.6 is 0 Å². The number of carbonyl (C=O) groups excluding carboxylic acids is 1. The van der Waals surface area contributed by atoms with Crippen molar-refractivity contribution in [3.05, 3.63) is 65.7 Å². The van der Waals surface area contributed by atoms with E-state index in [9.17, 15) is 17.6 Å². The maximum absolute atomic E-state index is 14.1. The number of hydrogen-bond acceptors (Lipinski definition) is 4. The standard InChI is InChI=1S/C19H18FN3O3S/c20-15-4-2-1-3-14(15)18-7-8-23(9-10-27(18,25)26)19(24)13-5-6-16-17(11-13)22-12-21-16/h1-6,11-12,18H,7-10H2,(H,21,22). The van der Waals surface area contributed by atoms with Gasteiger partial charge >= 0.3 is 0 Å². The SMILES string of the molecule is O=C(c1ccc2nc[nH]c2c1)N1CCC(c2ccccc2F)S(=O)(=O)CC1. The molecule has 1 aliphatic heterocycles. The zero-order valence-corrected chi connectivity index (χ0v) is 15.2. The first kappa shape index (κ1) is 17.7. The van der Waals surface area contributed by atoms with Crippen LogP contribution < -0.4 is 0 Å². The topological polar surface area (TPSA) is 83.1 Å². The summed E-state index contributed by atoms with van der Waals surface area (Å²) in [6, 6.07) is 11.1. The number of sulfone groups is 1. The first-order valence-electron chi connectivity index (χ1n) is 8.64. The molecule has 1 saturated heterocycles. The lowest BCUT2D eigenvalue weighted by molar-refractivity contribution is 0.0766. The van der Waals surface area contributed by atoms with Gasteiger partial charge in [-0.3, -0.25) is 4.79 Å². The summed E-state index contributed by atoms with van der Waals surface area (Å²) in [7, 11) is -3.56. The van der Waals surface area contributed by atoms with Crippen molar-refractivity contribution in [1.29, 1.82) is 0 Å². The van der Waals surface area contributed by atoms with E-state index in [0.717, 1.165) is 11.0 Å². The number of H-pyrrole nitrogens is 1. The molecule has 0 bridgehead atoms. The smallest absolute Gasteiger partial charge is 0.253 e. The van der Waals surface area contributed by atoms with Crippen LogP contribution in [0.5, 0.6) is 0 Å². The van der Waals surface area contributed by atoms with Crippen molar-refractivity contribution in [1.82, 2.24) is 14.9 Å². The number of hydrogen-bond donors (Lipinski definition) is 1. The Balaban J connectivity index is 1.60. The van der Waals surface area contributed by atoms with Crippen LogP contribution in [0.25, 0.3) is 11.0 Å². The van der Waals surface area contributed by atoms with Crippen LogP contribution in [-0.2, 0) is 9.84 Å². The Bertz CT molecular complexity index is 1110. The number of nitrogens with zero attached hydrogens (tertiary/aromatic N) is 2. The molecule has 8 heteroatoms. The average molecular weight is 387 g/mol. The Morgan fingerprint density at radius 3 is 2.81 bits per heavy atom. The molecule has 1 N–H and O–H groups in total. The van der Waals surface area contributed by atoms with Crippen LogP contribution in [0.2, 0.25) is 0 Å². The van der Waals surface area contributed by atoms with Gasteiger partial charge in [-0.1, -0.05) is 18.2 Å². The molecule has 1 atom stereocenters. The molecule has 0 saturated carbocycles. The summed E-state index contributed by atoms with van der Waals surface area (Å²) >= 11 is 0. The van der Waals surface area contributed by atoms with E-state index in [4.69, 9.17) is 0 Å². The lowest BCUT2D eigenvalue weighted by atomic mass is 10.1. The predicted molar refractivity (Wildman–Crippen MR) is 99.5 cm³/mol. The number of benzene rings is 2. The number of aromatic amines is 1. The molecule has 1 unspecified atom stereocenters. The van der Waals surface area contributed by atoms with Gasteiger partial charge in [-0.05, 0) is 30.7 Å². The van der Waals surface area contributed by atoms with Gasteiger partial charge in [-0.25, -0.2) is 17.8 Å². The van der Waals surface area contributed by atoms with Gasteiger partial charge in [0.25, 0.3) is 5.91 Å². The molecular formula is C19H18FN3O3S. The lowest BCUT2D eigenvalue weighted by Gasteiger charge is -2.20. The highest BCUT2D eigenvalue weighted by Crippen LogP contribution is 2.31. The highest BCUT2D eigenvalue weighted by atomic mass is 32.2. The Labute approximate surface area is 155 Å². The molecule has 6 nitrogen and oxygen atoms in total.